The van der Waals surface area contributed by atoms with Crippen molar-refractivity contribution in [2.45, 2.75) is 50.0 Å². The van der Waals surface area contributed by atoms with Gasteiger partial charge in [0, 0.05) is 18.4 Å². The van der Waals surface area contributed by atoms with E-state index in [1.165, 1.54) is 0 Å². The van der Waals surface area contributed by atoms with Crippen molar-refractivity contribution >= 4 is 15.9 Å². The molecular weight excluding hydrogens is 488 g/mol. The van der Waals surface area contributed by atoms with Crippen molar-refractivity contribution in [1.82, 2.24) is 4.31 Å². The third kappa shape index (κ3) is 6.45. The van der Waals surface area contributed by atoms with Crippen molar-refractivity contribution in [2.24, 2.45) is 11.7 Å². The zero-order chi connectivity index (χ0) is 26.6. The van der Waals surface area contributed by atoms with E-state index in [4.69, 9.17) is 5.73 Å². The quantitative estimate of drug-likeness (QED) is 0.376. The minimum absolute atomic E-state index is 0.0157. The predicted molar refractivity (Wildman–Crippen MR) is 143 cm³/mol. The lowest BCUT2D eigenvalue weighted by molar-refractivity contribution is -0.135. The highest BCUT2D eigenvalue weighted by Gasteiger charge is 2.44. The SMILES string of the molecule is CS(=O)(=O)N(C(=O)C(Cc1ccccc1)CC(O)C(N)Cc1ccccc1)[C@H]1c2ccccc2C[C@@H]1O. The summed E-state index contributed by atoms with van der Waals surface area (Å²) in [6.07, 6.45) is -0.231. The molecule has 0 saturated heterocycles. The Morgan fingerprint density at radius 3 is 2.08 bits per heavy atom. The van der Waals surface area contributed by atoms with Crippen LogP contribution in [0.2, 0.25) is 0 Å². The molecule has 0 heterocycles. The zero-order valence-corrected chi connectivity index (χ0v) is 21.7. The number of rotatable bonds is 10. The lowest BCUT2D eigenvalue weighted by atomic mass is 9.88. The fourth-order valence-corrected chi connectivity index (χ4v) is 6.32. The summed E-state index contributed by atoms with van der Waals surface area (Å²) in [6, 6.07) is 24.3. The van der Waals surface area contributed by atoms with Crippen molar-refractivity contribution < 1.29 is 23.4 Å². The second-order valence-electron chi connectivity index (χ2n) is 9.86. The van der Waals surface area contributed by atoms with Crippen molar-refractivity contribution in [3.8, 4) is 0 Å². The summed E-state index contributed by atoms with van der Waals surface area (Å²) in [6.45, 7) is 0. The van der Waals surface area contributed by atoms with Crippen molar-refractivity contribution in [1.29, 1.82) is 0 Å². The molecule has 4 rings (SSSR count). The number of nitrogens with two attached hydrogens (primary N) is 1. The monoisotopic (exact) mass is 522 g/mol. The maximum absolute atomic E-state index is 14.0. The van der Waals surface area contributed by atoms with Gasteiger partial charge in [-0.25, -0.2) is 12.7 Å². The van der Waals surface area contributed by atoms with E-state index in [1.54, 1.807) is 12.1 Å². The van der Waals surface area contributed by atoms with E-state index in [9.17, 15) is 23.4 Å². The third-order valence-corrected chi connectivity index (χ3v) is 8.12. The first-order valence-electron chi connectivity index (χ1n) is 12.5. The Hall–Kier alpha value is -3.04. The number of hydrogen-bond donors (Lipinski definition) is 3. The van der Waals surface area contributed by atoms with Crippen LogP contribution >= 0.6 is 0 Å². The fraction of sp³-hybridized carbons (Fsp3) is 0.345. The van der Waals surface area contributed by atoms with Gasteiger partial charge < -0.3 is 15.9 Å². The number of hydrogen-bond acceptors (Lipinski definition) is 6. The largest absolute Gasteiger partial charge is 0.391 e. The molecule has 8 heteroatoms. The molecule has 3 aromatic rings. The second-order valence-corrected chi connectivity index (χ2v) is 11.7. The van der Waals surface area contributed by atoms with Gasteiger partial charge in [0.05, 0.1) is 24.5 Å². The molecule has 0 aromatic heterocycles. The topological polar surface area (TPSA) is 121 Å². The molecule has 196 valence electrons. The van der Waals surface area contributed by atoms with Crippen LogP contribution in [0.15, 0.2) is 84.9 Å². The summed E-state index contributed by atoms with van der Waals surface area (Å²) < 4.78 is 26.9. The Morgan fingerprint density at radius 2 is 1.49 bits per heavy atom. The second kappa shape index (κ2) is 11.6. The minimum Gasteiger partial charge on any atom is -0.391 e. The van der Waals surface area contributed by atoms with Crippen LogP contribution in [0.3, 0.4) is 0 Å². The minimum atomic E-state index is -4.05. The molecule has 1 aliphatic rings. The molecule has 0 saturated carbocycles. The maximum Gasteiger partial charge on any atom is 0.240 e. The first-order chi connectivity index (χ1) is 17.6. The summed E-state index contributed by atoms with van der Waals surface area (Å²) in [7, 11) is -4.05. The van der Waals surface area contributed by atoms with Gasteiger partial charge in [0.25, 0.3) is 0 Å². The molecular formula is C29H34N2O5S. The fourth-order valence-electron chi connectivity index (χ4n) is 5.18. The summed E-state index contributed by atoms with van der Waals surface area (Å²) in [5, 5.41) is 21.9. The van der Waals surface area contributed by atoms with Crippen LogP contribution in [0, 0.1) is 5.92 Å². The number of benzene rings is 3. The van der Waals surface area contributed by atoms with E-state index in [-0.39, 0.29) is 19.3 Å². The number of fused-ring (bicyclic) bond motifs is 1. The molecule has 0 radical (unpaired) electrons. The Labute approximate surface area is 218 Å². The van der Waals surface area contributed by atoms with Gasteiger partial charge in [-0.2, -0.15) is 0 Å². The molecule has 7 nitrogen and oxygen atoms in total. The van der Waals surface area contributed by atoms with Gasteiger partial charge in [0.2, 0.25) is 15.9 Å². The summed E-state index contributed by atoms with van der Waals surface area (Å²) in [5.41, 5.74) is 9.56. The van der Waals surface area contributed by atoms with Gasteiger partial charge in [0.15, 0.2) is 0 Å². The number of carbonyl (C=O) groups is 1. The summed E-state index contributed by atoms with van der Waals surface area (Å²) in [5.74, 6) is -1.52. The standard InChI is InChI=1S/C29H34N2O5S/c1-37(35,36)31(28-24-15-9-8-14-22(24)18-27(28)33)29(34)23(16-20-10-4-2-5-11-20)19-26(32)25(30)17-21-12-6-3-7-13-21/h2-15,23,25-28,32-33H,16-19,30H2,1H3/t23?,25?,26?,27-,28-/m0/s1. The molecule has 0 bridgehead atoms. The van der Waals surface area contributed by atoms with Crippen LogP contribution in [0.5, 0.6) is 0 Å². The van der Waals surface area contributed by atoms with E-state index < -0.39 is 46.1 Å². The van der Waals surface area contributed by atoms with Crippen LogP contribution in [-0.4, -0.2) is 53.3 Å². The molecule has 0 spiro atoms. The van der Waals surface area contributed by atoms with Crippen LogP contribution in [-0.2, 0) is 34.1 Å². The summed E-state index contributed by atoms with van der Waals surface area (Å²) in [4.78, 5) is 14.0. The predicted octanol–water partition coefficient (Wildman–Crippen LogP) is 2.61. The zero-order valence-electron chi connectivity index (χ0n) is 20.9. The van der Waals surface area contributed by atoms with Crippen LogP contribution in [0.4, 0.5) is 0 Å². The highest BCUT2D eigenvalue weighted by Crippen LogP contribution is 2.38. The molecule has 1 aliphatic carbocycles. The van der Waals surface area contributed by atoms with Crippen molar-refractivity contribution in [2.75, 3.05) is 6.26 Å². The van der Waals surface area contributed by atoms with E-state index in [2.05, 4.69) is 0 Å². The highest BCUT2D eigenvalue weighted by molar-refractivity contribution is 7.88. The van der Waals surface area contributed by atoms with E-state index >= 15 is 0 Å². The van der Waals surface area contributed by atoms with Gasteiger partial charge in [-0.1, -0.05) is 84.9 Å². The number of sulfonamides is 1. The first kappa shape index (κ1) is 27.0. The third-order valence-electron chi connectivity index (χ3n) is 7.00. The number of aliphatic hydroxyl groups excluding tert-OH is 2. The molecule has 37 heavy (non-hydrogen) atoms. The Balaban J connectivity index is 1.64. The molecule has 4 N–H and O–H groups in total. The lowest BCUT2D eigenvalue weighted by Gasteiger charge is -2.34. The number of amides is 1. The molecule has 1 amide bonds. The molecule has 0 aliphatic heterocycles. The molecule has 0 fully saturated rings. The molecule has 5 atom stereocenters. The maximum atomic E-state index is 14.0. The molecule has 3 unspecified atom stereocenters. The highest BCUT2D eigenvalue weighted by atomic mass is 32.2. The van der Waals surface area contributed by atoms with Gasteiger partial charge in [0.1, 0.15) is 0 Å². The van der Waals surface area contributed by atoms with Crippen LogP contribution < -0.4 is 5.73 Å². The number of carbonyl (C=O) groups excluding carboxylic acids is 1. The van der Waals surface area contributed by atoms with Crippen molar-refractivity contribution in [3.05, 3.63) is 107 Å². The van der Waals surface area contributed by atoms with Gasteiger partial charge in [-0.3, -0.25) is 4.79 Å². The Kier molecular flexibility index (Phi) is 8.44. The normalized spacial score (nSPS) is 19.6. The number of nitrogens with zero attached hydrogens (tertiary/aromatic N) is 1. The molecule has 3 aromatic carbocycles. The lowest BCUT2D eigenvalue weighted by Crippen LogP contribution is -2.48. The van der Waals surface area contributed by atoms with Gasteiger partial charge >= 0.3 is 0 Å². The van der Waals surface area contributed by atoms with E-state index in [1.807, 2.05) is 72.8 Å². The van der Waals surface area contributed by atoms with Crippen LogP contribution in [0.25, 0.3) is 0 Å². The van der Waals surface area contributed by atoms with E-state index in [0.29, 0.717) is 12.0 Å². The summed E-state index contributed by atoms with van der Waals surface area (Å²) >= 11 is 0. The van der Waals surface area contributed by atoms with E-state index in [0.717, 1.165) is 27.3 Å². The average molecular weight is 523 g/mol. The average Bonchev–Trinajstić information content (AvgIpc) is 3.19. The van der Waals surface area contributed by atoms with Gasteiger partial charge in [-0.05, 0) is 41.5 Å². The number of aliphatic hydroxyl groups is 2. The van der Waals surface area contributed by atoms with Gasteiger partial charge in [-0.15, -0.1) is 0 Å². The van der Waals surface area contributed by atoms with Crippen LogP contribution in [0.1, 0.15) is 34.7 Å². The Bertz CT molecular complexity index is 1300. The van der Waals surface area contributed by atoms with Crippen molar-refractivity contribution in [3.63, 3.8) is 0 Å². The smallest absolute Gasteiger partial charge is 0.240 e. The Morgan fingerprint density at radius 1 is 0.946 bits per heavy atom. The first-order valence-corrected chi connectivity index (χ1v) is 14.3.